The van der Waals surface area contributed by atoms with E-state index in [2.05, 4.69) is 19.2 Å². The average molecular weight is 277 g/mol. The van der Waals surface area contributed by atoms with Crippen LogP contribution in [0.1, 0.15) is 50.2 Å². The smallest absolute Gasteiger partial charge is 0.162 e. The van der Waals surface area contributed by atoms with Gasteiger partial charge in [0.15, 0.2) is 5.82 Å². The van der Waals surface area contributed by atoms with Gasteiger partial charge in [-0.2, -0.15) is 0 Å². The summed E-state index contributed by atoms with van der Waals surface area (Å²) in [6.45, 7) is 7.19. The van der Waals surface area contributed by atoms with Crippen LogP contribution in [0.2, 0.25) is 0 Å². The summed E-state index contributed by atoms with van der Waals surface area (Å²) in [6.07, 6.45) is 4.16. The third kappa shape index (κ3) is 2.52. The van der Waals surface area contributed by atoms with Crippen molar-refractivity contribution < 1.29 is 9.47 Å². The molecule has 5 heteroatoms. The van der Waals surface area contributed by atoms with Crippen LogP contribution in [0.15, 0.2) is 0 Å². The highest BCUT2D eigenvalue weighted by Gasteiger charge is 2.34. The maximum Gasteiger partial charge on any atom is 0.162 e. The van der Waals surface area contributed by atoms with Crippen LogP contribution in [0.3, 0.4) is 0 Å². The zero-order valence-electron chi connectivity index (χ0n) is 12.4. The summed E-state index contributed by atoms with van der Waals surface area (Å²) in [7, 11) is 0. The van der Waals surface area contributed by atoms with Crippen molar-refractivity contribution in [3.63, 3.8) is 0 Å². The monoisotopic (exact) mass is 277 g/mol. The van der Waals surface area contributed by atoms with E-state index in [1.54, 1.807) is 0 Å². The van der Waals surface area contributed by atoms with Crippen molar-refractivity contribution >= 4 is 5.82 Å². The molecule has 0 saturated carbocycles. The van der Waals surface area contributed by atoms with Crippen LogP contribution in [-0.4, -0.2) is 29.7 Å². The molecule has 0 spiro atoms. The minimum absolute atomic E-state index is 0.338. The number of rotatable bonds is 3. The number of nitrogens with zero attached hydrogens (tertiary/aromatic N) is 2. The van der Waals surface area contributed by atoms with Crippen molar-refractivity contribution in [3.05, 3.63) is 17.1 Å². The fourth-order valence-corrected chi connectivity index (χ4v) is 2.89. The van der Waals surface area contributed by atoms with Crippen molar-refractivity contribution in [2.45, 2.75) is 51.7 Å². The topological polar surface area (TPSA) is 56.3 Å². The van der Waals surface area contributed by atoms with Crippen molar-refractivity contribution in [1.29, 1.82) is 0 Å². The first kappa shape index (κ1) is 13.8. The van der Waals surface area contributed by atoms with Gasteiger partial charge in [0.1, 0.15) is 11.4 Å². The first-order chi connectivity index (χ1) is 9.73. The third-order valence-electron chi connectivity index (χ3n) is 4.11. The minimum Gasteiger partial charge on any atom is -0.376 e. The maximum absolute atomic E-state index is 5.99. The molecule has 0 bridgehead atoms. The second-order valence-corrected chi connectivity index (χ2v) is 5.69. The lowest BCUT2D eigenvalue weighted by Gasteiger charge is -2.33. The highest BCUT2D eigenvalue weighted by Crippen LogP contribution is 2.34. The molecular weight excluding hydrogens is 254 g/mol. The van der Waals surface area contributed by atoms with Gasteiger partial charge in [-0.3, -0.25) is 0 Å². The van der Waals surface area contributed by atoms with Gasteiger partial charge >= 0.3 is 0 Å². The van der Waals surface area contributed by atoms with Crippen molar-refractivity contribution in [3.8, 4) is 0 Å². The predicted octanol–water partition coefficient (Wildman–Crippen LogP) is 2.40. The Labute approximate surface area is 120 Å². The first-order valence-electron chi connectivity index (χ1n) is 7.59. The van der Waals surface area contributed by atoms with Crippen LogP contribution in [0.25, 0.3) is 0 Å². The lowest BCUT2D eigenvalue weighted by molar-refractivity contribution is -0.0762. The molecule has 2 aliphatic heterocycles. The summed E-state index contributed by atoms with van der Waals surface area (Å²) in [5.74, 6) is 1.75. The minimum atomic E-state index is -0.338. The van der Waals surface area contributed by atoms with Crippen LogP contribution >= 0.6 is 0 Å². The molecule has 0 radical (unpaired) electrons. The maximum atomic E-state index is 5.99. The van der Waals surface area contributed by atoms with E-state index in [4.69, 9.17) is 19.4 Å². The number of hydrogen-bond donors (Lipinski definition) is 1. The zero-order chi connectivity index (χ0) is 14.0. The molecule has 3 heterocycles. The highest BCUT2D eigenvalue weighted by atomic mass is 16.5. The molecule has 1 saturated heterocycles. The van der Waals surface area contributed by atoms with Crippen LogP contribution in [-0.2, 0) is 28.1 Å². The van der Waals surface area contributed by atoms with Gasteiger partial charge in [-0.05, 0) is 33.1 Å². The molecule has 2 aliphatic rings. The van der Waals surface area contributed by atoms with Gasteiger partial charge in [-0.25, -0.2) is 9.97 Å². The molecule has 20 heavy (non-hydrogen) atoms. The Bertz CT molecular complexity index is 484. The first-order valence-corrected chi connectivity index (χ1v) is 7.59. The lowest BCUT2D eigenvalue weighted by Crippen LogP contribution is -2.33. The van der Waals surface area contributed by atoms with Crippen molar-refractivity contribution in [2.75, 3.05) is 25.1 Å². The molecule has 0 aliphatic carbocycles. The van der Waals surface area contributed by atoms with Crippen LogP contribution in [0, 0.1) is 0 Å². The normalized spacial score (nSPS) is 26.1. The molecule has 110 valence electrons. The number of nitrogens with one attached hydrogen (secondary N) is 1. The summed E-state index contributed by atoms with van der Waals surface area (Å²) < 4.78 is 11.5. The van der Waals surface area contributed by atoms with E-state index in [0.29, 0.717) is 6.61 Å². The van der Waals surface area contributed by atoms with Crippen LogP contribution < -0.4 is 5.32 Å². The Hall–Kier alpha value is -1.20. The summed E-state index contributed by atoms with van der Waals surface area (Å²) in [5, 5.41) is 3.35. The molecule has 3 rings (SSSR count). The van der Waals surface area contributed by atoms with E-state index in [1.807, 2.05) is 0 Å². The van der Waals surface area contributed by atoms with E-state index in [9.17, 15) is 0 Å². The van der Waals surface area contributed by atoms with Gasteiger partial charge in [-0.1, -0.05) is 0 Å². The molecular formula is C15H23N3O2. The van der Waals surface area contributed by atoms with E-state index in [1.165, 1.54) is 6.42 Å². The van der Waals surface area contributed by atoms with Gasteiger partial charge in [-0.15, -0.1) is 0 Å². The highest BCUT2D eigenvalue weighted by molar-refractivity contribution is 5.47. The molecule has 1 atom stereocenters. The van der Waals surface area contributed by atoms with Crippen LogP contribution in [0.4, 0.5) is 5.82 Å². The zero-order valence-corrected chi connectivity index (χ0v) is 12.4. The fraction of sp³-hybridized carbons (Fsp3) is 0.733. The molecule has 1 aromatic heterocycles. The standard InChI is InChI=1S/C15H23N3O2/c1-3-16-13-11-10-19-9-6-12(11)17-14(18-13)15(2)7-4-5-8-20-15/h3-10H2,1-2H3,(H,16,17,18). The van der Waals surface area contributed by atoms with Crippen molar-refractivity contribution in [2.24, 2.45) is 0 Å². The summed E-state index contributed by atoms with van der Waals surface area (Å²) in [6, 6.07) is 0. The summed E-state index contributed by atoms with van der Waals surface area (Å²) >= 11 is 0. The molecule has 1 unspecified atom stereocenters. The SMILES string of the molecule is CCNc1nc(C2(C)CCCCO2)nc2c1COCC2. The van der Waals surface area contributed by atoms with Gasteiger partial charge in [0.05, 0.1) is 18.9 Å². The quantitative estimate of drug-likeness (QED) is 0.919. The number of hydrogen-bond acceptors (Lipinski definition) is 5. The third-order valence-corrected chi connectivity index (χ3v) is 4.11. The second-order valence-electron chi connectivity index (χ2n) is 5.69. The summed E-state index contributed by atoms with van der Waals surface area (Å²) in [5.41, 5.74) is 1.89. The average Bonchev–Trinajstić information content (AvgIpc) is 2.48. The number of ether oxygens (including phenoxy) is 2. The molecule has 1 aromatic rings. The van der Waals surface area contributed by atoms with E-state index in [-0.39, 0.29) is 5.60 Å². The van der Waals surface area contributed by atoms with Gasteiger partial charge in [0, 0.05) is 25.1 Å². The largest absolute Gasteiger partial charge is 0.376 e. The lowest BCUT2D eigenvalue weighted by atomic mass is 9.94. The second kappa shape index (κ2) is 5.66. The number of aromatic nitrogens is 2. The molecule has 0 amide bonds. The molecule has 5 nitrogen and oxygen atoms in total. The molecule has 1 fully saturated rings. The molecule has 0 aromatic carbocycles. The van der Waals surface area contributed by atoms with E-state index < -0.39 is 0 Å². The number of anilines is 1. The van der Waals surface area contributed by atoms with Crippen LogP contribution in [0.5, 0.6) is 0 Å². The Morgan fingerprint density at radius 3 is 2.90 bits per heavy atom. The Balaban J connectivity index is 2.00. The Kier molecular flexibility index (Phi) is 3.89. The van der Waals surface area contributed by atoms with Crippen molar-refractivity contribution in [1.82, 2.24) is 9.97 Å². The Morgan fingerprint density at radius 2 is 2.15 bits per heavy atom. The van der Waals surface area contributed by atoms with Gasteiger partial charge in [0.2, 0.25) is 0 Å². The number of fused-ring (bicyclic) bond motifs is 1. The van der Waals surface area contributed by atoms with Gasteiger partial charge < -0.3 is 14.8 Å². The van der Waals surface area contributed by atoms with E-state index >= 15 is 0 Å². The Morgan fingerprint density at radius 1 is 1.25 bits per heavy atom. The van der Waals surface area contributed by atoms with E-state index in [0.717, 1.165) is 61.9 Å². The van der Waals surface area contributed by atoms with Gasteiger partial charge in [0.25, 0.3) is 0 Å². The summed E-state index contributed by atoms with van der Waals surface area (Å²) in [4.78, 5) is 9.54. The fourth-order valence-electron chi connectivity index (χ4n) is 2.89. The predicted molar refractivity (Wildman–Crippen MR) is 76.7 cm³/mol. The molecule has 1 N–H and O–H groups in total.